The lowest BCUT2D eigenvalue weighted by molar-refractivity contribution is -0.136. The zero-order chi connectivity index (χ0) is 26.9. The molecule has 0 aliphatic carbocycles. The average molecular weight is 487 g/mol. The topological polar surface area (TPSA) is 57.7 Å². The van der Waals surface area contributed by atoms with Crippen LogP contribution in [0.1, 0.15) is 58.2 Å². The maximum atomic E-state index is 13.1. The van der Waals surface area contributed by atoms with E-state index in [0.29, 0.717) is 0 Å². The summed E-state index contributed by atoms with van der Waals surface area (Å²) in [6.45, 7) is 12.2. The number of hydrogen-bond acceptors (Lipinski definition) is 3. The molecule has 4 amide bonds. The minimum Gasteiger partial charge on any atom is -0.268 e. The third-order valence-electron chi connectivity index (χ3n) is 4.89. The third-order valence-corrected chi connectivity index (χ3v) is 4.89. The molecule has 0 N–H and O–H groups in total. The van der Waals surface area contributed by atoms with Gasteiger partial charge in [-0.05, 0) is 22.8 Å². The van der Waals surface area contributed by atoms with Crippen molar-refractivity contribution in [2.45, 2.75) is 54.6 Å². The van der Waals surface area contributed by atoms with Gasteiger partial charge in [-0.2, -0.15) is 0 Å². The van der Waals surface area contributed by atoms with Crippen molar-refractivity contribution in [3.63, 3.8) is 0 Å². The van der Waals surface area contributed by atoms with Gasteiger partial charge in [0.15, 0.2) is 0 Å². The number of urea groups is 1. The maximum Gasteiger partial charge on any atom is 0.334 e. The molecule has 3 aromatic carbocycles. The summed E-state index contributed by atoms with van der Waals surface area (Å²) in [5.41, 5.74) is 2.33. The van der Waals surface area contributed by atoms with Gasteiger partial charge in [0, 0.05) is 0 Å². The van der Waals surface area contributed by atoms with E-state index in [1.807, 2.05) is 133 Å². The second kappa shape index (κ2) is 16.6. The number of barbiturate groups is 1. The molecule has 1 heterocycles. The molecule has 4 rings (SSSR count). The van der Waals surface area contributed by atoms with Gasteiger partial charge in [0.25, 0.3) is 11.8 Å². The van der Waals surface area contributed by atoms with Crippen LogP contribution >= 0.6 is 0 Å². The van der Waals surface area contributed by atoms with Crippen LogP contribution in [0, 0.1) is 0 Å². The summed E-state index contributed by atoms with van der Waals surface area (Å²) in [5, 5.41) is 0. The van der Waals surface area contributed by atoms with Crippen LogP contribution in [-0.2, 0) is 22.7 Å². The highest BCUT2D eigenvalue weighted by molar-refractivity contribution is 6.30. The molecule has 0 aromatic heterocycles. The summed E-state index contributed by atoms with van der Waals surface area (Å²) in [7, 11) is 0. The van der Waals surface area contributed by atoms with Crippen LogP contribution in [0.4, 0.5) is 4.79 Å². The largest absolute Gasteiger partial charge is 0.334 e. The number of carbonyl (C=O) groups is 3. The molecule has 0 unspecified atom stereocenters. The Labute approximate surface area is 216 Å². The van der Waals surface area contributed by atoms with Crippen molar-refractivity contribution >= 4 is 23.9 Å². The second-order valence-electron chi connectivity index (χ2n) is 7.01. The lowest BCUT2D eigenvalue weighted by atomic mass is 10.0. The molecule has 0 spiro atoms. The zero-order valence-electron chi connectivity index (χ0n) is 22.3. The predicted octanol–water partition coefficient (Wildman–Crippen LogP) is 7.34. The lowest BCUT2D eigenvalue weighted by Crippen LogP contribution is -2.55. The summed E-state index contributed by atoms with van der Waals surface area (Å²) < 4.78 is 0. The number of carbonyl (C=O) groups excluding carboxylic acids is 3. The molecule has 3 aromatic rings. The number of hydrogen-bond donors (Lipinski definition) is 0. The van der Waals surface area contributed by atoms with E-state index >= 15 is 0 Å². The Bertz CT molecular complexity index is 1030. The highest BCUT2D eigenvalue weighted by atomic mass is 16.2. The number of amides is 4. The predicted molar refractivity (Wildman–Crippen MR) is 148 cm³/mol. The van der Waals surface area contributed by atoms with Crippen molar-refractivity contribution in [2.75, 3.05) is 0 Å². The molecule has 0 atom stereocenters. The highest BCUT2D eigenvalue weighted by Gasteiger charge is 2.41. The first-order valence-electron chi connectivity index (χ1n) is 12.7. The summed E-state index contributed by atoms with van der Waals surface area (Å²) in [5.74, 6) is -1.16. The molecule has 1 saturated heterocycles. The molecule has 0 radical (unpaired) electrons. The Hall–Kier alpha value is -3.99. The van der Waals surface area contributed by atoms with E-state index in [1.54, 1.807) is 6.08 Å². The fourth-order valence-electron chi connectivity index (χ4n) is 3.35. The summed E-state index contributed by atoms with van der Waals surface area (Å²) >= 11 is 0. The summed E-state index contributed by atoms with van der Waals surface area (Å²) in [6, 6.07) is 27.1. The van der Waals surface area contributed by atoms with Gasteiger partial charge in [-0.3, -0.25) is 19.4 Å². The Morgan fingerprint density at radius 2 is 0.861 bits per heavy atom. The average Bonchev–Trinajstić information content (AvgIpc) is 2.96. The van der Waals surface area contributed by atoms with Crippen LogP contribution in [-0.4, -0.2) is 27.6 Å². The summed E-state index contributed by atoms with van der Waals surface area (Å²) in [6.07, 6.45) is 1.55. The Morgan fingerprint density at radius 1 is 0.528 bits per heavy atom. The molecular formula is C31H38N2O3. The molecule has 0 bridgehead atoms. The van der Waals surface area contributed by atoms with Gasteiger partial charge in [-0.1, -0.05) is 133 Å². The fourth-order valence-corrected chi connectivity index (χ4v) is 3.35. The van der Waals surface area contributed by atoms with Gasteiger partial charge in [0.2, 0.25) is 0 Å². The molecule has 1 fully saturated rings. The van der Waals surface area contributed by atoms with Crippen LogP contribution in [0.3, 0.4) is 0 Å². The van der Waals surface area contributed by atoms with E-state index in [4.69, 9.17) is 0 Å². The van der Waals surface area contributed by atoms with Gasteiger partial charge < -0.3 is 0 Å². The lowest BCUT2D eigenvalue weighted by Gasteiger charge is -2.34. The van der Waals surface area contributed by atoms with Crippen LogP contribution in [0.2, 0.25) is 0 Å². The standard InChI is InChI=1S/C25H20N2O3.3C2H6/c28-23-22(16-19-10-4-1-5-11-19)24(29)27(18-21-14-8-3-9-15-21)25(30)26(23)17-20-12-6-2-7-13-20;3*1-2/h1-16H,17-18H2;3*1-2H3. The first-order valence-corrected chi connectivity index (χ1v) is 12.7. The monoisotopic (exact) mass is 486 g/mol. The van der Waals surface area contributed by atoms with E-state index in [-0.39, 0.29) is 18.7 Å². The van der Waals surface area contributed by atoms with Crippen molar-refractivity contribution in [2.24, 2.45) is 0 Å². The van der Waals surface area contributed by atoms with Crippen molar-refractivity contribution in [3.8, 4) is 0 Å². The van der Waals surface area contributed by atoms with Crippen LogP contribution in [0.15, 0.2) is 96.6 Å². The maximum absolute atomic E-state index is 13.1. The number of imide groups is 2. The second-order valence-corrected chi connectivity index (χ2v) is 7.01. The number of benzene rings is 3. The van der Waals surface area contributed by atoms with Crippen molar-refractivity contribution in [1.82, 2.24) is 9.80 Å². The first kappa shape index (κ1) is 30.0. The molecule has 36 heavy (non-hydrogen) atoms. The number of rotatable bonds is 5. The van der Waals surface area contributed by atoms with E-state index in [1.165, 1.54) is 0 Å². The van der Waals surface area contributed by atoms with E-state index < -0.39 is 17.8 Å². The molecular weight excluding hydrogens is 448 g/mol. The zero-order valence-corrected chi connectivity index (χ0v) is 22.3. The molecule has 5 heteroatoms. The minimum absolute atomic E-state index is 0.0207. The van der Waals surface area contributed by atoms with Gasteiger partial charge in [0.1, 0.15) is 5.57 Å². The highest BCUT2D eigenvalue weighted by Crippen LogP contribution is 2.23. The van der Waals surface area contributed by atoms with E-state index in [2.05, 4.69) is 0 Å². The normalized spacial score (nSPS) is 12.4. The molecule has 5 nitrogen and oxygen atoms in total. The minimum atomic E-state index is -0.608. The quantitative estimate of drug-likeness (QED) is 0.280. The van der Waals surface area contributed by atoms with Crippen molar-refractivity contribution < 1.29 is 14.4 Å². The van der Waals surface area contributed by atoms with Crippen molar-refractivity contribution in [1.29, 1.82) is 0 Å². The van der Waals surface area contributed by atoms with Crippen LogP contribution in [0.5, 0.6) is 0 Å². The summed E-state index contributed by atoms with van der Waals surface area (Å²) in [4.78, 5) is 41.7. The molecule has 1 aliphatic rings. The van der Waals surface area contributed by atoms with Gasteiger partial charge in [0.05, 0.1) is 13.1 Å². The Morgan fingerprint density at radius 3 is 1.22 bits per heavy atom. The van der Waals surface area contributed by atoms with E-state index in [0.717, 1.165) is 26.5 Å². The van der Waals surface area contributed by atoms with Gasteiger partial charge in [-0.25, -0.2) is 4.79 Å². The van der Waals surface area contributed by atoms with Crippen LogP contribution < -0.4 is 0 Å². The number of nitrogens with zero attached hydrogens (tertiary/aromatic N) is 2. The van der Waals surface area contributed by atoms with E-state index in [9.17, 15) is 14.4 Å². The molecule has 190 valence electrons. The first-order chi connectivity index (χ1) is 17.6. The SMILES string of the molecule is CC.CC.CC.O=C1C(=Cc2ccccc2)C(=O)N(Cc2ccccc2)C(=O)N1Cc1ccccc1. The fraction of sp³-hybridized carbons (Fsp3) is 0.258. The third kappa shape index (κ3) is 8.05. The Balaban J connectivity index is 0.00000101. The smallest absolute Gasteiger partial charge is 0.268 e. The van der Waals surface area contributed by atoms with Gasteiger partial charge in [-0.15, -0.1) is 0 Å². The van der Waals surface area contributed by atoms with Crippen molar-refractivity contribution in [3.05, 3.63) is 113 Å². The molecule has 1 aliphatic heterocycles. The van der Waals surface area contributed by atoms with Crippen LogP contribution in [0.25, 0.3) is 6.08 Å². The molecule has 0 saturated carbocycles. The Kier molecular flexibility index (Phi) is 13.9. The van der Waals surface area contributed by atoms with Gasteiger partial charge >= 0.3 is 6.03 Å².